The van der Waals surface area contributed by atoms with Gasteiger partial charge in [-0.2, -0.15) is 0 Å². The zero-order chi connectivity index (χ0) is 14.6. The summed E-state index contributed by atoms with van der Waals surface area (Å²) in [6, 6.07) is 6.96. The Hall–Kier alpha value is -1.84. The van der Waals surface area contributed by atoms with E-state index in [1.807, 2.05) is 13.8 Å². The molecule has 0 bridgehead atoms. The van der Waals surface area contributed by atoms with Crippen molar-refractivity contribution in [3.8, 4) is 5.75 Å². The Balaban J connectivity index is 3.08. The number of para-hydroxylation sites is 1. The number of hydrogen-bond acceptors (Lipinski definition) is 4. The van der Waals surface area contributed by atoms with Crippen LogP contribution in [0.3, 0.4) is 0 Å². The molecular formula is C15H20O4. The average molecular weight is 264 g/mol. The van der Waals surface area contributed by atoms with Crippen molar-refractivity contribution < 1.29 is 19.1 Å². The number of hydrogen-bond donors (Lipinski definition) is 0. The predicted octanol–water partition coefficient (Wildman–Crippen LogP) is 3.00. The first-order valence-corrected chi connectivity index (χ1v) is 6.24. The van der Waals surface area contributed by atoms with Gasteiger partial charge in [0.25, 0.3) is 0 Å². The van der Waals surface area contributed by atoms with Crippen molar-refractivity contribution in [1.29, 1.82) is 0 Å². The average Bonchev–Trinajstić information content (AvgIpc) is 2.26. The zero-order valence-corrected chi connectivity index (χ0v) is 12.0. The van der Waals surface area contributed by atoms with Gasteiger partial charge in [0.05, 0.1) is 11.7 Å². The smallest absolute Gasteiger partial charge is 0.303 e. The van der Waals surface area contributed by atoms with Crippen LogP contribution in [-0.4, -0.2) is 23.5 Å². The number of rotatable bonds is 5. The van der Waals surface area contributed by atoms with Crippen LogP contribution in [0.25, 0.3) is 0 Å². The van der Waals surface area contributed by atoms with Gasteiger partial charge in [0.15, 0.2) is 5.60 Å². The summed E-state index contributed by atoms with van der Waals surface area (Å²) in [5, 5.41) is 0. The van der Waals surface area contributed by atoms with E-state index in [0.29, 0.717) is 11.3 Å². The first-order valence-electron chi connectivity index (χ1n) is 6.24. The van der Waals surface area contributed by atoms with Gasteiger partial charge in [-0.3, -0.25) is 9.59 Å². The SMILES string of the molecule is CC(=O)OC(C)(C)C(=O)c1ccccc1OC(C)C. The third-order valence-electron chi connectivity index (χ3n) is 2.44. The van der Waals surface area contributed by atoms with Gasteiger partial charge in [0, 0.05) is 6.92 Å². The summed E-state index contributed by atoms with van der Waals surface area (Å²) in [6.07, 6.45) is -0.0363. The number of ketones is 1. The van der Waals surface area contributed by atoms with Crippen LogP contribution >= 0.6 is 0 Å². The summed E-state index contributed by atoms with van der Waals surface area (Å²) in [7, 11) is 0. The first-order chi connectivity index (χ1) is 8.74. The molecule has 0 atom stereocenters. The maximum Gasteiger partial charge on any atom is 0.303 e. The highest BCUT2D eigenvalue weighted by atomic mass is 16.6. The van der Waals surface area contributed by atoms with Gasteiger partial charge in [-0.1, -0.05) is 12.1 Å². The lowest BCUT2D eigenvalue weighted by Gasteiger charge is -2.24. The third-order valence-corrected chi connectivity index (χ3v) is 2.44. The molecule has 0 saturated heterocycles. The Morgan fingerprint density at radius 1 is 1.16 bits per heavy atom. The molecule has 0 N–H and O–H groups in total. The van der Waals surface area contributed by atoms with E-state index in [1.165, 1.54) is 6.92 Å². The minimum absolute atomic E-state index is 0.0363. The molecule has 0 unspecified atom stereocenters. The van der Waals surface area contributed by atoms with Crippen molar-refractivity contribution in [1.82, 2.24) is 0 Å². The number of carbonyl (C=O) groups excluding carboxylic acids is 2. The van der Waals surface area contributed by atoms with Gasteiger partial charge in [0.1, 0.15) is 5.75 Å². The number of Topliss-reactive ketones (excluding diaryl/α,β-unsaturated/α-hetero) is 1. The highest BCUT2D eigenvalue weighted by molar-refractivity contribution is 6.04. The van der Waals surface area contributed by atoms with Crippen LogP contribution in [0.1, 0.15) is 45.0 Å². The van der Waals surface area contributed by atoms with E-state index < -0.39 is 11.6 Å². The minimum Gasteiger partial charge on any atom is -0.490 e. The maximum absolute atomic E-state index is 12.4. The lowest BCUT2D eigenvalue weighted by Crippen LogP contribution is -2.37. The number of benzene rings is 1. The summed E-state index contributed by atoms with van der Waals surface area (Å²) in [4.78, 5) is 23.5. The molecule has 4 heteroatoms. The molecule has 0 amide bonds. The van der Waals surface area contributed by atoms with Crippen LogP contribution in [0.2, 0.25) is 0 Å². The fourth-order valence-corrected chi connectivity index (χ4v) is 1.74. The molecule has 0 spiro atoms. The lowest BCUT2D eigenvalue weighted by molar-refractivity contribution is -0.149. The molecule has 0 radical (unpaired) electrons. The van der Waals surface area contributed by atoms with Crippen molar-refractivity contribution in [2.75, 3.05) is 0 Å². The van der Waals surface area contributed by atoms with Crippen molar-refractivity contribution >= 4 is 11.8 Å². The molecule has 0 heterocycles. The summed E-state index contributed by atoms with van der Waals surface area (Å²) in [5.74, 6) is -0.262. The predicted molar refractivity (Wildman–Crippen MR) is 72.4 cm³/mol. The first kappa shape index (κ1) is 15.2. The second kappa shape index (κ2) is 5.87. The summed E-state index contributed by atoms with van der Waals surface area (Å²) < 4.78 is 10.7. The highest BCUT2D eigenvalue weighted by Crippen LogP contribution is 2.26. The van der Waals surface area contributed by atoms with Gasteiger partial charge in [-0.05, 0) is 39.8 Å². The number of ether oxygens (including phenoxy) is 2. The van der Waals surface area contributed by atoms with Crippen LogP contribution in [-0.2, 0) is 9.53 Å². The van der Waals surface area contributed by atoms with E-state index in [0.717, 1.165) is 0 Å². The van der Waals surface area contributed by atoms with E-state index in [1.54, 1.807) is 38.1 Å². The fourth-order valence-electron chi connectivity index (χ4n) is 1.74. The van der Waals surface area contributed by atoms with Crippen LogP contribution < -0.4 is 4.74 Å². The minimum atomic E-state index is -1.21. The molecule has 1 rings (SSSR count). The van der Waals surface area contributed by atoms with Crippen molar-refractivity contribution in [2.24, 2.45) is 0 Å². The van der Waals surface area contributed by atoms with Gasteiger partial charge < -0.3 is 9.47 Å². The lowest BCUT2D eigenvalue weighted by atomic mass is 9.95. The number of carbonyl (C=O) groups is 2. The molecule has 0 saturated carbocycles. The molecule has 1 aromatic carbocycles. The Labute approximate surface area is 113 Å². The molecule has 0 aliphatic heterocycles. The molecule has 0 aromatic heterocycles. The maximum atomic E-state index is 12.4. The number of esters is 1. The second-order valence-electron chi connectivity index (χ2n) is 5.10. The fraction of sp³-hybridized carbons (Fsp3) is 0.467. The second-order valence-corrected chi connectivity index (χ2v) is 5.10. The van der Waals surface area contributed by atoms with E-state index in [4.69, 9.17) is 9.47 Å². The Morgan fingerprint density at radius 3 is 2.26 bits per heavy atom. The summed E-state index contributed by atoms with van der Waals surface area (Å²) in [5.41, 5.74) is -0.787. The normalized spacial score (nSPS) is 11.3. The van der Waals surface area contributed by atoms with Crippen LogP contribution in [0, 0.1) is 0 Å². The summed E-state index contributed by atoms with van der Waals surface area (Å²) >= 11 is 0. The topological polar surface area (TPSA) is 52.6 Å². The Morgan fingerprint density at radius 2 is 1.74 bits per heavy atom. The molecule has 4 nitrogen and oxygen atoms in total. The van der Waals surface area contributed by atoms with Gasteiger partial charge in [0.2, 0.25) is 5.78 Å². The third kappa shape index (κ3) is 4.09. The van der Waals surface area contributed by atoms with E-state index in [9.17, 15) is 9.59 Å². The Bertz CT molecular complexity index is 475. The molecular weight excluding hydrogens is 244 g/mol. The zero-order valence-electron chi connectivity index (χ0n) is 12.0. The van der Waals surface area contributed by atoms with E-state index in [-0.39, 0.29) is 11.9 Å². The van der Waals surface area contributed by atoms with Crippen molar-refractivity contribution in [2.45, 2.75) is 46.3 Å². The van der Waals surface area contributed by atoms with Gasteiger partial charge in [-0.25, -0.2) is 0 Å². The molecule has 0 fully saturated rings. The van der Waals surface area contributed by atoms with Crippen LogP contribution in [0.15, 0.2) is 24.3 Å². The van der Waals surface area contributed by atoms with E-state index in [2.05, 4.69) is 0 Å². The van der Waals surface area contributed by atoms with Gasteiger partial charge >= 0.3 is 5.97 Å². The molecule has 0 aliphatic carbocycles. The van der Waals surface area contributed by atoms with Crippen molar-refractivity contribution in [3.05, 3.63) is 29.8 Å². The molecule has 19 heavy (non-hydrogen) atoms. The highest BCUT2D eigenvalue weighted by Gasteiger charge is 2.33. The Kier molecular flexibility index (Phi) is 4.70. The van der Waals surface area contributed by atoms with Crippen molar-refractivity contribution in [3.63, 3.8) is 0 Å². The van der Waals surface area contributed by atoms with Gasteiger partial charge in [-0.15, -0.1) is 0 Å². The van der Waals surface area contributed by atoms with Crippen LogP contribution in [0.4, 0.5) is 0 Å². The quantitative estimate of drug-likeness (QED) is 0.606. The largest absolute Gasteiger partial charge is 0.490 e. The van der Waals surface area contributed by atoms with Crippen LogP contribution in [0.5, 0.6) is 5.75 Å². The summed E-state index contributed by atoms with van der Waals surface area (Å²) in [6.45, 7) is 8.20. The molecule has 1 aromatic rings. The molecule has 104 valence electrons. The monoisotopic (exact) mass is 264 g/mol. The van der Waals surface area contributed by atoms with E-state index >= 15 is 0 Å². The molecule has 0 aliphatic rings. The standard InChI is InChI=1S/C15H20O4/c1-10(2)18-13-9-7-6-8-12(13)14(17)15(4,5)19-11(3)16/h6-10H,1-5H3.